The summed E-state index contributed by atoms with van der Waals surface area (Å²) in [5, 5.41) is 10.7. The largest absolute Gasteiger partial charge is 0.324 e. The van der Waals surface area contributed by atoms with Crippen molar-refractivity contribution in [3.8, 4) is 11.4 Å². The number of nitrogens with one attached hydrogen (secondary N) is 2. The van der Waals surface area contributed by atoms with E-state index in [1.165, 1.54) is 4.90 Å². The molecule has 1 atom stereocenters. The maximum absolute atomic E-state index is 12.7. The number of carbonyl (C=O) groups excluding carboxylic acids is 1. The average molecular weight is 427 g/mol. The van der Waals surface area contributed by atoms with E-state index >= 15 is 0 Å². The molecule has 0 bridgehead atoms. The zero-order chi connectivity index (χ0) is 21.0. The maximum Gasteiger partial charge on any atom is 0.244 e. The van der Waals surface area contributed by atoms with Crippen molar-refractivity contribution < 1.29 is 4.79 Å². The van der Waals surface area contributed by atoms with Gasteiger partial charge in [-0.3, -0.25) is 14.5 Å². The minimum absolute atomic E-state index is 0.0986. The molecule has 0 aliphatic carbocycles. The third kappa shape index (κ3) is 5.36. The fraction of sp³-hybridized carbons (Fsp3) is 0.318. The van der Waals surface area contributed by atoms with E-state index in [0.29, 0.717) is 15.8 Å². The van der Waals surface area contributed by atoms with E-state index in [1.54, 1.807) is 4.57 Å². The summed E-state index contributed by atoms with van der Waals surface area (Å²) in [5.41, 5.74) is 3.91. The Balaban J connectivity index is 1.75. The molecule has 0 saturated heterocycles. The van der Waals surface area contributed by atoms with Crippen LogP contribution in [0.25, 0.3) is 11.4 Å². The Hall–Kier alpha value is -2.38. The molecule has 1 unspecified atom stereocenters. The summed E-state index contributed by atoms with van der Waals surface area (Å²) in [5.74, 6) is 0.521. The second-order valence-electron chi connectivity index (χ2n) is 7.17. The summed E-state index contributed by atoms with van der Waals surface area (Å²) in [6.45, 7) is 8.54. The van der Waals surface area contributed by atoms with Gasteiger partial charge in [0.05, 0.1) is 0 Å². The Labute approximate surface area is 180 Å². The van der Waals surface area contributed by atoms with Crippen LogP contribution in [0.5, 0.6) is 0 Å². The number of aryl methyl sites for hydroxylation is 2. The van der Waals surface area contributed by atoms with Crippen LogP contribution in [-0.2, 0) is 11.3 Å². The molecule has 3 aromatic rings. The van der Waals surface area contributed by atoms with Crippen LogP contribution in [0.4, 0.5) is 5.69 Å². The number of hydrogen-bond acceptors (Lipinski definition) is 4. The molecule has 152 valence electrons. The molecular weight excluding hydrogens is 400 g/mol. The van der Waals surface area contributed by atoms with Gasteiger partial charge in [-0.1, -0.05) is 37.6 Å². The van der Waals surface area contributed by atoms with Crippen molar-refractivity contribution in [2.24, 2.45) is 0 Å². The van der Waals surface area contributed by atoms with E-state index in [0.717, 1.165) is 28.8 Å². The molecule has 0 saturated carbocycles. The van der Waals surface area contributed by atoms with Gasteiger partial charge in [0.1, 0.15) is 6.54 Å². The number of thioether (sulfide) groups is 1. The standard InChI is InChI=1S/C22H26N4OS2/c1-5-16(4)29-18-9-10-19(15(3)12-18)23-20(27)13-26-21(24-25-22(26)28)17-8-6-7-14(2)11-17/h6-12,16H,5,13H2,1-4H3,(H,23,27)(H,25,28). The quantitative estimate of drug-likeness (QED) is 0.373. The Kier molecular flexibility index (Phi) is 6.92. The highest BCUT2D eigenvalue weighted by molar-refractivity contribution is 7.99. The molecule has 7 heteroatoms. The molecule has 0 aliphatic rings. The van der Waals surface area contributed by atoms with Gasteiger partial charge in [-0.2, -0.15) is 5.10 Å². The second kappa shape index (κ2) is 9.41. The molecule has 1 amide bonds. The molecule has 1 heterocycles. The minimum atomic E-state index is -0.137. The highest BCUT2D eigenvalue weighted by Gasteiger charge is 2.14. The average Bonchev–Trinajstić information content (AvgIpc) is 3.04. The SMILES string of the molecule is CCC(C)Sc1ccc(NC(=O)Cn2c(-c3cccc(C)c3)n[nH]c2=S)c(C)c1. The summed E-state index contributed by atoms with van der Waals surface area (Å²) >= 11 is 7.19. The number of benzene rings is 2. The number of amides is 1. The lowest BCUT2D eigenvalue weighted by Gasteiger charge is -2.13. The van der Waals surface area contributed by atoms with Gasteiger partial charge in [-0.05, 0) is 62.3 Å². The van der Waals surface area contributed by atoms with Crippen LogP contribution in [0.1, 0.15) is 31.4 Å². The van der Waals surface area contributed by atoms with E-state index in [1.807, 2.05) is 55.9 Å². The van der Waals surface area contributed by atoms with Gasteiger partial charge in [0.2, 0.25) is 5.91 Å². The molecule has 2 N–H and O–H groups in total. The van der Waals surface area contributed by atoms with Crippen LogP contribution in [0.15, 0.2) is 47.4 Å². The van der Waals surface area contributed by atoms with Crippen LogP contribution >= 0.6 is 24.0 Å². The van der Waals surface area contributed by atoms with Crippen LogP contribution < -0.4 is 5.32 Å². The van der Waals surface area contributed by atoms with E-state index < -0.39 is 0 Å². The first-order valence-corrected chi connectivity index (χ1v) is 11.0. The van der Waals surface area contributed by atoms with Gasteiger partial charge in [0, 0.05) is 21.4 Å². The van der Waals surface area contributed by atoms with Gasteiger partial charge in [-0.15, -0.1) is 11.8 Å². The maximum atomic E-state index is 12.7. The highest BCUT2D eigenvalue weighted by atomic mass is 32.2. The Morgan fingerprint density at radius 2 is 2.07 bits per heavy atom. The first-order valence-electron chi connectivity index (χ1n) is 9.66. The smallest absolute Gasteiger partial charge is 0.244 e. The van der Waals surface area contributed by atoms with Gasteiger partial charge in [0.25, 0.3) is 0 Å². The molecule has 2 aromatic carbocycles. The van der Waals surface area contributed by atoms with Crippen LogP contribution in [0.2, 0.25) is 0 Å². The number of rotatable bonds is 7. The first-order chi connectivity index (χ1) is 13.9. The van der Waals surface area contributed by atoms with Gasteiger partial charge in [0.15, 0.2) is 10.6 Å². The van der Waals surface area contributed by atoms with Crippen molar-refractivity contribution in [2.45, 2.75) is 50.8 Å². The molecule has 0 fully saturated rings. The number of aromatic nitrogens is 3. The van der Waals surface area contributed by atoms with Crippen LogP contribution in [0, 0.1) is 18.6 Å². The fourth-order valence-corrected chi connectivity index (χ4v) is 4.19. The predicted octanol–water partition coefficient (Wildman–Crippen LogP) is 5.75. The number of anilines is 1. The molecule has 3 rings (SSSR count). The molecule has 29 heavy (non-hydrogen) atoms. The van der Waals surface area contributed by atoms with Crippen LogP contribution in [0.3, 0.4) is 0 Å². The number of carbonyl (C=O) groups is 1. The highest BCUT2D eigenvalue weighted by Crippen LogP contribution is 2.28. The number of H-pyrrole nitrogens is 1. The normalized spacial score (nSPS) is 12.0. The lowest BCUT2D eigenvalue weighted by atomic mass is 10.1. The summed E-state index contributed by atoms with van der Waals surface area (Å²) in [6.07, 6.45) is 1.12. The van der Waals surface area contributed by atoms with Crippen molar-refractivity contribution in [3.05, 3.63) is 58.4 Å². The zero-order valence-corrected chi connectivity index (χ0v) is 18.8. The van der Waals surface area contributed by atoms with E-state index in [-0.39, 0.29) is 12.5 Å². The molecule has 5 nitrogen and oxygen atoms in total. The lowest BCUT2D eigenvalue weighted by molar-refractivity contribution is -0.116. The van der Waals surface area contributed by atoms with Crippen molar-refractivity contribution >= 4 is 35.6 Å². The molecule has 1 aromatic heterocycles. The van der Waals surface area contributed by atoms with Crippen molar-refractivity contribution in [2.75, 3.05) is 5.32 Å². The van der Waals surface area contributed by atoms with Gasteiger partial charge >= 0.3 is 0 Å². The number of nitrogens with zero attached hydrogens (tertiary/aromatic N) is 2. The second-order valence-corrected chi connectivity index (χ2v) is 9.07. The number of aromatic amines is 1. The third-order valence-corrected chi connectivity index (χ3v) is 6.29. The number of hydrogen-bond donors (Lipinski definition) is 2. The molecule has 0 spiro atoms. The Morgan fingerprint density at radius 1 is 1.28 bits per heavy atom. The fourth-order valence-electron chi connectivity index (χ4n) is 2.97. The van der Waals surface area contributed by atoms with E-state index in [4.69, 9.17) is 12.2 Å². The Morgan fingerprint density at radius 3 is 2.76 bits per heavy atom. The van der Waals surface area contributed by atoms with E-state index in [9.17, 15) is 4.79 Å². The molecular formula is C22H26N4OS2. The van der Waals surface area contributed by atoms with Crippen molar-refractivity contribution in [1.29, 1.82) is 0 Å². The predicted molar refractivity (Wildman–Crippen MR) is 123 cm³/mol. The Bertz CT molecular complexity index is 1070. The topological polar surface area (TPSA) is 62.7 Å². The van der Waals surface area contributed by atoms with Crippen molar-refractivity contribution in [3.63, 3.8) is 0 Å². The van der Waals surface area contributed by atoms with E-state index in [2.05, 4.69) is 41.5 Å². The van der Waals surface area contributed by atoms with Crippen molar-refractivity contribution in [1.82, 2.24) is 14.8 Å². The third-order valence-electron chi connectivity index (χ3n) is 4.72. The van der Waals surface area contributed by atoms with Gasteiger partial charge < -0.3 is 5.32 Å². The monoisotopic (exact) mass is 426 g/mol. The first kappa shape index (κ1) is 21.3. The summed E-state index contributed by atoms with van der Waals surface area (Å²) < 4.78 is 2.15. The van der Waals surface area contributed by atoms with Gasteiger partial charge in [-0.25, -0.2) is 0 Å². The lowest BCUT2D eigenvalue weighted by Crippen LogP contribution is -2.20. The molecule has 0 radical (unpaired) electrons. The summed E-state index contributed by atoms with van der Waals surface area (Å²) in [4.78, 5) is 13.9. The van der Waals surface area contributed by atoms with Crippen LogP contribution in [-0.4, -0.2) is 25.9 Å². The molecule has 0 aliphatic heterocycles. The summed E-state index contributed by atoms with van der Waals surface area (Å²) in [6, 6.07) is 14.1. The zero-order valence-electron chi connectivity index (χ0n) is 17.2. The summed E-state index contributed by atoms with van der Waals surface area (Å²) in [7, 11) is 0. The minimum Gasteiger partial charge on any atom is -0.324 e.